The predicted molar refractivity (Wildman–Crippen MR) is 101 cm³/mol. The third kappa shape index (κ3) is 3.22. The molecule has 3 N–H and O–H groups in total. The maximum atomic E-state index is 6.40. The number of aromatic amines is 1. The highest BCUT2D eigenvalue weighted by Gasteiger charge is 2.16. The summed E-state index contributed by atoms with van der Waals surface area (Å²) in [5.74, 6) is 0. The van der Waals surface area contributed by atoms with Crippen molar-refractivity contribution in [3.8, 4) is 10.6 Å². The quantitative estimate of drug-likeness (QED) is 0.473. The summed E-state index contributed by atoms with van der Waals surface area (Å²) in [7, 11) is 0. The molecular weight excluding hydrogens is 403 g/mol. The van der Waals surface area contributed by atoms with Crippen LogP contribution >= 0.6 is 50.5 Å². The molecule has 3 aromatic rings. The molecule has 0 unspecified atom stereocenters. The highest BCUT2D eigenvalue weighted by molar-refractivity contribution is 9.10. The summed E-state index contributed by atoms with van der Waals surface area (Å²) in [5, 5.41) is 1.88. The number of halogens is 3. The predicted octanol–water partition coefficient (Wildman–Crippen LogP) is 6.25. The molecule has 1 aromatic carbocycles. The van der Waals surface area contributed by atoms with Gasteiger partial charge in [-0.3, -0.25) is 0 Å². The Morgan fingerprint density at radius 2 is 2.00 bits per heavy atom. The first kappa shape index (κ1) is 16.3. The normalized spacial score (nSPS) is 11.5. The molecule has 0 spiro atoms. The minimum atomic E-state index is 0.715. The van der Waals surface area contributed by atoms with E-state index >= 15 is 0 Å². The standard InChI is InChI=1S/C16H15BrCl2N2S/c17-9-7-11-10(3-1-2-6-20)16(13-4-5-14(19)22-13)21-15(11)12(18)8-9/h4-5,7-8,21H,1-3,6,20H2. The lowest BCUT2D eigenvalue weighted by molar-refractivity contribution is 0.748. The summed E-state index contributed by atoms with van der Waals surface area (Å²) in [6.45, 7) is 0.715. The minimum absolute atomic E-state index is 0.715. The summed E-state index contributed by atoms with van der Waals surface area (Å²) in [4.78, 5) is 4.62. The second kappa shape index (κ2) is 6.93. The first-order chi connectivity index (χ1) is 10.6. The van der Waals surface area contributed by atoms with Crippen LogP contribution in [0.4, 0.5) is 0 Å². The molecule has 0 aliphatic rings. The van der Waals surface area contributed by atoms with E-state index in [9.17, 15) is 0 Å². The second-order valence-electron chi connectivity index (χ2n) is 5.14. The first-order valence-electron chi connectivity index (χ1n) is 7.05. The van der Waals surface area contributed by atoms with Crippen molar-refractivity contribution in [2.45, 2.75) is 19.3 Å². The number of fused-ring (bicyclic) bond motifs is 1. The fraction of sp³-hybridized carbons (Fsp3) is 0.250. The minimum Gasteiger partial charge on any atom is -0.352 e. The van der Waals surface area contributed by atoms with Crippen LogP contribution in [0, 0.1) is 0 Å². The van der Waals surface area contributed by atoms with Gasteiger partial charge in [0, 0.05) is 9.86 Å². The number of aromatic nitrogens is 1. The van der Waals surface area contributed by atoms with Gasteiger partial charge in [0.2, 0.25) is 0 Å². The van der Waals surface area contributed by atoms with Crippen molar-refractivity contribution in [2.75, 3.05) is 6.54 Å². The Balaban J connectivity index is 2.16. The van der Waals surface area contributed by atoms with Crippen LogP contribution in [-0.4, -0.2) is 11.5 Å². The van der Waals surface area contributed by atoms with E-state index in [-0.39, 0.29) is 0 Å². The number of benzene rings is 1. The van der Waals surface area contributed by atoms with Crippen LogP contribution in [0.1, 0.15) is 18.4 Å². The van der Waals surface area contributed by atoms with E-state index in [0.717, 1.165) is 54.6 Å². The van der Waals surface area contributed by atoms with Gasteiger partial charge in [0.25, 0.3) is 0 Å². The van der Waals surface area contributed by atoms with Crippen molar-refractivity contribution in [3.63, 3.8) is 0 Å². The highest BCUT2D eigenvalue weighted by Crippen LogP contribution is 2.39. The van der Waals surface area contributed by atoms with Crippen LogP contribution in [0.5, 0.6) is 0 Å². The zero-order chi connectivity index (χ0) is 15.7. The molecule has 2 nitrogen and oxygen atoms in total. The monoisotopic (exact) mass is 416 g/mol. The Morgan fingerprint density at radius 1 is 1.18 bits per heavy atom. The molecular formula is C16H15BrCl2N2S. The van der Waals surface area contributed by atoms with Gasteiger partial charge < -0.3 is 10.7 Å². The molecule has 0 saturated heterocycles. The van der Waals surface area contributed by atoms with Gasteiger partial charge in [0.05, 0.1) is 25.4 Å². The number of thiophene rings is 1. The molecule has 0 atom stereocenters. The maximum absolute atomic E-state index is 6.40. The van der Waals surface area contributed by atoms with Crippen molar-refractivity contribution >= 4 is 61.4 Å². The second-order valence-corrected chi connectivity index (χ2v) is 8.18. The molecule has 0 radical (unpaired) electrons. The number of hydrogen-bond donors (Lipinski definition) is 2. The molecule has 0 bridgehead atoms. The fourth-order valence-corrected chi connectivity index (χ4v) is 4.57. The summed E-state index contributed by atoms with van der Waals surface area (Å²) < 4.78 is 1.77. The third-order valence-corrected chi connectivity index (χ3v) is 5.64. The summed E-state index contributed by atoms with van der Waals surface area (Å²) >= 11 is 17.6. The number of nitrogens with one attached hydrogen (secondary N) is 1. The van der Waals surface area contributed by atoms with Crippen molar-refractivity contribution in [1.82, 2.24) is 4.98 Å². The van der Waals surface area contributed by atoms with Gasteiger partial charge in [0.15, 0.2) is 0 Å². The van der Waals surface area contributed by atoms with E-state index in [4.69, 9.17) is 28.9 Å². The van der Waals surface area contributed by atoms with Crippen LogP contribution < -0.4 is 5.73 Å². The van der Waals surface area contributed by atoms with Crippen LogP contribution in [0.2, 0.25) is 9.36 Å². The smallest absolute Gasteiger partial charge is 0.0935 e. The average molecular weight is 418 g/mol. The van der Waals surface area contributed by atoms with Crippen LogP contribution in [0.15, 0.2) is 28.7 Å². The molecule has 2 aromatic heterocycles. The Bertz CT molecular complexity index is 810. The highest BCUT2D eigenvalue weighted by atomic mass is 79.9. The summed E-state index contributed by atoms with van der Waals surface area (Å²) in [6, 6.07) is 8.00. The maximum Gasteiger partial charge on any atom is 0.0935 e. The number of H-pyrrole nitrogens is 1. The van der Waals surface area contributed by atoms with Crippen LogP contribution in [0.3, 0.4) is 0 Å². The zero-order valence-electron chi connectivity index (χ0n) is 11.8. The Labute approximate surface area is 151 Å². The molecule has 0 amide bonds. The molecule has 116 valence electrons. The lowest BCUT2D eigenvalue weighted by atomic mass is 10.0. The zero-order valence-corrected chi connectivity index (χ0v) is 15.7. The molecule has 2 heterocycles. The van der Waals surface area contributed by atoms with Crippen LogP contribution in [0.25, 0.3) is 21.5 Å². The topological polar surface area (TPSA) is 41.8 Å². The Morgan fingerprint density at radius 3 is 2.68 bits per heavy atom. The number of aryl methyl sites for hydroxylation is 1. The number of unbranched alkanes of at least 4 members (excludes halogenated alkanes) is 1. The van der Waals surface area contributed by atoms with Crippen molar-refractivity contribution in [2.24, 2.45) is 5.73 Å². The molecule has 0 aliphatic heterocycles. The molecule has 6 heteroatoms. The van der Waals surface area contributed by atoms with Crippen molar-refractivity contribution in [1.29, 1.82) is 0 Å². The largest absolute Gasteiger partial charge is 0.352 e. The van der Waals surface area contributed by atoms with Crippen LogP contribution in [-0.2, 0) is 6.42 Å². The SMILES string of the molecule is NCCCCc1c(-c2ccc(Cl)s2)[nH]c2c(Cl)cc(Br)cc12. The molecule has 0 aliphatic carbocycles. The Kier molecular flexibility index (Phi) is 5.15. The third-order valence-electron chi connectivity index (χ3n) is 3.63. The van der Waals surface area contributed by atoms with Gasteiger partial charge in [-0.2, -0.15) is 0 Å². The van der Waals surface area contributed by atoms with E-state index in [2.05, 4.69) is 27.0 Å². The van der Waals surface area contributed by atoms with E-state index in [1.807, 2.05) is 18.2 Å². The van der Waals surface area contributed by atoms with Gasteiger partial charge in [-0.1, -0.05) is 39.1 Å². The average Bonchev–Trinajstić information content (AvgIpc) is 3.04. The van der Waals surface area contributed by atoms with Gasteiger partial charge in [-0.05, 0) is 55.6 Å². The van der Waals surface area contributed by atoms with E-state index in [1.54, 1.807) is 11.3 Å². The van der Waals surface area contributed by atoms with Crippen molar-refractivity contribution < 1.29 is 0 Å². The lowest BCUT2D eigenvalue weighted by Crippen LogP contribution is -1.99. The van der Waals surface area contributed by atoms with Gasteiger partial charge in [-0.25, -0.2) is 0 Å². The number of nitrogens with two attached hydrogens (primary N) is 1. The molecule has 0 fully saturated rings. The van der Waals surface area contributed by atoms with E-state index < -0.39 is 0 Å². The van der Waals surface area contributed by atoms with Crippen molar-refractivity contribution in [3.05, 3.63) is 43.7 Å². The Hall–Kier alpha value is -0.520. The first-order valence-corrected chi connectivity index (χ1v) is 9.42. The number of hydrogen-bond acceptors (Lipinski definition) is 2. The summed E-state index contributed by atoms with van der Waals surface area (Å²) in [6.07, 6.45) is 3.04. The lowest BCUT2D eigenvalue weighted by Gasteiger charge is -2.03. The molecule has 3 rings (SSSR count). The van der Waals surface area contributed by atoms with Gasteiger partial charge >= 0.3 is 0 Å². The number of rotatable bonds is 5. The van der Waals surface area contributed by atoms with Gasteiger partial charge in [-0.15, -0.1) is 11.3 Å². The van der Waals surface area contributed by atoms with E-state index in [1.165, 1.54) is 5.56 Å². The fourth-order valence-electron chi connectivity index (χ4n) is 2.64. The molecule has 22 heavy (non-hydrogen) atoms. The molecule has 0 saturated carbocycles. The summed E-state index contributed by atoms with van der Waals surface area (Å²) in [5.41, 5.74) is 9.01. The van der Waals surface area contributed by atoms with Gasteiger partial charge in [0.1, 0.15) is 0 Å². The van der Waals surface area contributed by atoms with E-state index in [0.29, 0.717) is 6.54 Å².